The zero-order valence-electron chi connectivity index (χ0n) is 27.3. The summed E-state index contributed by atoms with van der Waals surface area (Å²) in [6.07, 6.45) is 14.9. The molecule has 0 aromatic carbocycles. The molecule has 0 radical (unpaired) electrons. The SMILES string of the molecule is CCCCCCCCCCCCCOCCOCCOCCOCCOCCOCCOCCOCCOCCOC. The van der Waals surface area contributed by atoms with Crippen LogP contribution in [-0.2, 0) is 47.4 Å². The second-order valence-electron chi connectivity index (χ2n) is 10.0. The van der Waals surface area contributed by atoms with Gasteiger partial charge in [-0.25, -0.2) is 0 Å². The van der Waals surface area contributed by atoms with E-state index in [-0.39, 0.29) is 0 Å². The van der Waals surface area contributed by atoms with Gasteiger partial charge >= 0.3 is 0 Å². The summed E-state index contributed by atoms with van der Waals surface area (Å²) >= 11 is 0. The Morgan fingerprint density at radius 1 is 0.238 bits per heavy atom. The second-order valence-corrected chi connectivity index (χ2v) is 10.0. The minimum atomic E-state index is 0.534. The molecule has 0 saturated carbocycles. The average Bonchev–Trinajstić information content (AvgIpc) is 3.00. The van der Waals surface area contributed by atoms with Crippen LogP contribution in [0.1, 0.15) is 77.6 Å². The van der Waals surface area contributed by atoms with Crippen LogP contribution in [0.3, 0.4) is 0 Å². The van der Waals surface area contributed by atoms with Crippen LogP contribution < -0.4 is 0 Å². The molecule has 0 aromatic heterocycles. The summed E-state index contributed by atoms with van der Waals surface area (Å²) in [5.41, 5.74) is 0. The predicted octanol–water partition coefficient (Wildman–Crippen LogP) is 5.09. The Kier molecular flexibility index (Phi) is 40.2. The standard InChI is InChI=1S/C32H66O10/c1-3-4-5-6-7-8-9-10-11-12-13-14-34-17-18-36-21-22-38-25-26-40-29-30-42-32-31-41-28-27-39-24-23-37-20-19-35-16-15-33-2/h3-32H2,1-2H3. The second kappa shape index (κ2) is 40.6. The quantitative estimate of drug-likeness (QED) is 0.0876. The third-order valence-electron chi connectivity index (χ3n) is 6.30. The van der Waals surface area contributed by atoms with Crippen molar-refractivity contribution in [3.63, 3.8) is 0 Å². The van der Waals surface area contributed by atoms with E-state index in [4.69, 9.17) is 47.4 Å². The van der Waals surface area contributed by atoms with Gasteiger partial charge in [-0.3, -0.25) is 0 Å². The van der Waals surface area contributed by atoms with Crippen LogP contribution in [0.25, 0.3) is 0 Å². The summed E-state index contributed by atoms with van der Waals surface area (Å²) in [5, 5.41) is 0. The van der Waals surface area contributed by atoms with Crippen molar-refractivity contribution >= 4 is 0 Å². The molecular formula is C32H66O10. The van der Waals surface area contributed by atoms with Crippen molar-refractivity contribution in [1.29, 1.82) is 0 Å². The zero-order chi connectivity index (χ0) is 30.3. The van der Waals surface area contributed by atoms with Gasteiger partial charge in [-0.15, -0.1) is 0 Å². The normalized spacial score (nSPS) is 11.6. The number of ether oxygens (including phenoxy) is 10. The summed E-state index contributed by atoms with van der Waals surface area (Å²) in [4.78, 5) is 0. The van der Waals surface area contributed by atoms with Crippen molar-refractivity contribution < 1.29 is 47.4 Å². The monoisotopic (exact) mass is 610 g/mol. The van der Waals surface area contributed by atoms with Crippen molar-refractivity contribution in [2.75, 3.05) is 133 Å². The Bertz CT molecular complexity index is 419. The Hall–Kier alpha value is -0.400. The minimum absolute atomic E-state index is 0.534. The Labute approximate surface area is 257 Å². The molecule has 0 spiro atoms. The van der Waals surface area contributed by atoms with Gasteiger partial charge in [-0.2, -0.15) is 0 Å². The van der Waals surface area contributed by atoms with Crippen molar-refractivity contribution in [3.8, 4) is 0 Å². The molecule has 0 aliphatic heterocycles. The average molecular weight is 611 g/mol. The highest BCUT2D eigenvalue weighted by atomic mass is 16.6. The van der Waals surface area contributed by atoms with Crippen LogP contribution in [0.5, 0.6) is 0 Å². The fourth-order valence-electron chi connectivity index (χ4n) is 3.87. The van der Waals surface area contributed by atoms with Gasteiger partial charge in [0.1, 0.15) is 0 Å². The molecule has 0 unspecified atom stereocenters. The first-order valence-corrected chi connectivity index (χ1v) is 16.6. The number of rotatable bonds is 39. The van der Waals surface area contributed by atoms with Gasteiger partial charge in [-0.05, 0) is 6.42 Å². The van der Waals surface area contributed by atoms with Crippen LogP contribution in [0, 0.1) is 0 Å². The van der Waals surface area contributed by atoms with Gasteiger partial charge in [0, 0.05) is 13.7 Å². The molecule has 42 heavy (non-hydrogen) atoms. The first-order chi connectivity index (χ1) is 20.9. The van der Waals surface area contributed by atoms with Gasteiger partial charge in [-0.1, -0.05) is 71.1 Å². The maximum absolute atomic E-state index is 5.65. The van der Waals surface area contributed by atoms with Crippen LogP contribution >= 0.6 is 0 Å². The molecule has 0 bridgehead atoms. The first-order valence-electron chi connectivity index (χ1n) is 16.6. The van der Waals surface area contributed by atoms with Crippen molar-refractivity contribution in [1.82, 2.24) is 0 Å². The van der Waals surface area contributed by atoms with Gasteiger partial charge in [0.2, 0.25) is 0 Å². The Morgan fingerprint density at radius 2 is 0.452 bits per heavy atom. The summed E-state index contributed by atoms with van der Waals surface area (Å²) in [6, 6.07) is 0. The lowest BCUT2D eigenvalue weighted by Crippen LogP contribution is -2.15. The molecule has 0 saturated heterocycles. The molecule has 0 fully saturated rings. The van der Waals surface area contributed by atoms with Gasteiger partial charge < -0.3 is 47.4 Å². The van der Waals surface area contributed by atoms with E-state index < -0.39 is 0 Å². The predicted molar refractivity (Wildman–Crippen MR) is 166 cm³/mol. The number of unbranched alkanes of at least 4 members (excludes halogenated alkanes) is 10. The van der Waals surface area contributed by atoms with Gasteiger partial charge in [0.25, 0.3) is 0 Å². The van der Waals surface area contributed by atoms with Crippen LogP contribution in [0.2, 0.25) is 0 Å². The zero-order valence-corrected chi connectivity index (χ0v) is 27.3. The van der Waals surface area contributed by atoms with Crippen molar-refractivity contribution in [2.45, 2.75) is 77.6 Å². The Morgan fingerprint density at radius 3 is 0.714 bits per heavy atom. The molecule has 254 valence electrons. The topological polar surface area (TPSA) is 92.3 Å². The van der Waals surface area contributed by atoms with E-state index in [0.29, 0.717) is 119 Å². The molecule has 10 nitrogen and oxygen atoms in total. The van der Waals surface area contributed by atoms with Crippen LogP contribution in [-0.4, -0.2) is 133 Å². The van der Waals surface area contributed by atoms with Gasteiger partial charge in [0.15, 0.2) is 0 Å². The van der Waals surface area contributed by atoms with E-state index in [0.717, 1.165) is 13.0 Å². The molecule has 0 N–H and O–H groups in total. The smallest absolute Gasteiger partial charge is 0.0701 e. The molecule has 0 aromatic rings. The summed E-state index contributed by atoms with van der Waals surface area (Å²) in [5.74, 6) is 0. The lowest BCUT2D eigenvalue weighted by Gasteiger charge is -2.09. The van der Waals surface area contributed by atoms with Crippen LogP contribution in [0.4, 0.5) is 0 Å². The van der Waals surface area contributed by atoms with E-state index in [1.54, 1.807) is 7.11 Å². The van der Waals surface area contributed by atoms with E-state index in [2.05, 4.69) is 6.92 Å². The largest absolute Gasteiger partial charge is 0.382 e. The highest BCUT2D eigenvalue weighted by molar-refractivity contribution is 4.48. The molecular weight excluding hydrogens is 544 g/mol. The van der Waals surface area contributed by atoms with E-state index in [1.807, 2.05) is 0 Å². The maximum Gasteiger partial charge on any atom is 0.0701 e. The van der Waals surface area contributed by atoms with Crippen molar-refractivity contribution in [3.05, 3.63) is 0 Å². The first kappa shape index (κ1) is 41.6. The number of hydrogen-bond acceptors (Lipinski definition) is 10. The lowest BCUT2D eigenvalue weighted by atomic mass is 10.1. The highest BCUT2D eigenvalue weighted by Crippen LogP contribution is 2.11. The van der Waals surface area contributed by atoms with Crippen molar-refractivity contribution in [2.24, 2.45) is 0 Å². The summed E-state index contributed by atoms with van der Waals surface area (Å²) in [7, 11) is 1.65. The fourth-order valence-corrected chi connectivity index (χ4v) is 3.87. The molecule has 0 amide bonds. The summed E-state index contributed by atoms with van der Waals surface area (Å²) in [6.45, 7) is 13.2. The number of hydrogen-bond donors (Lipinski definition) is 0. The molecule has 0 rings (SSSR count). The highest BCUT2D eigenvalue weighted by Gasteiger charge is 1.97. The third-order valence-corrected chi connectivity index (χ3v) is 6.30. The van der Waals surface area contributed by atoms with Gasteiger partial charge in [0.05, 0.1) is 119 Å². The number of methoxy groups -OCH3 is 1. The molecule has 10 heteroatoms. The third kappa shape index (κ3) is 39.6. The Balaban J connectivity index is 3.02. The molecule has 0 aliphatic rings. The van der Waals surface area contributed by atoms with E-state index in [1.165, 1.54) is 64.2 Å². The van der Waals surface area contributed by atoms with Crippen LogP contribution in [0.15, 0.2) is 0 Å². The van der Waals surface area contributed by atoms with E-state index in [9.17, 15) is 0 Å². The maximum atomic E-state index is 5.65. The molecule has 0 heterocycles. The molecule has 0 atom stereocenters. The fraction of sp³-hybridized carbons (Fsp3) is 1.00. The molecule has 0 aliphatic carbocycles. The van der Waals surface area contributed by atoms with E-state index >= 15 is 0 Å². The lowest BCUT2D eigenvalue weighted by molar-refractivity contribution is -0.0259. The minimum Gasteiger partial charge on any atom is -0.382 e. The summed E-state index contributed by atoms with van der Waals surface area (Å²) < 4.78 is 54.2.